The molecule has 0 aliphatic carbocycles. The van der Waals surface area contributed by atoms with Crippen molar-refractivity contribution in [2.24, 2.45) is 0 Å². The van der Waals surface area contributed by atoms with Crippen molar-refractivity contribution < 1.29 is 24.9 Å². The Kier molecular flexibility index (Phi) is 6.23. The molecule has 0 unspecified atom stereocenters. The van der Waals surface area contributed by atoms with Gasteiger partial charge in [-0.2, -0.15) is 0 Å². The molecule has 6 nitrogen and oxygen atoms in total. The van der Waals surface area contributed by atoms with Crippen molar-refractivity contribution in [2.45, 2.75) is 5.54 Å². The summed E-state index contributed by atoms with van der Waals surface area (Å²) in [4.78, 5) is 11.6. The zero-order chi connectivity index (χ0) is 14.3. The molecule has 4 N–H and O–H groups in total. The Bertz CT molecular complexity index is 397. The van der Waals surface area contributed by atoms with E-state index in [4.69, 9.17) is 20.1 Å². The summed E-state index contributed by atoms with van der Waals surface area (Å²) >= 11 is 3.28. The number of benzene rings is 1. The first kappa shape index (κ1) is 15.9. The van der Waals surface area contributed by atoms with Gasteiger partial charge in [-0.3, -0.25) is 4.79 Å². The van der Waals surface area contributed by atoms with Crippen LogP contribution in [-0.2, 0) is 4.79 Å². The number of halogens is 1. The van der Waals surface area contributed by atoms with Gasteiger partial charge in [-0.1, -0.05) is 15.9 Å². The Hall–Kier alpha value is -1.15. The lowest BCUT2D eigenvalue weighted by molar-refractivity contribution is -0.127. The summed E-state index contributed by atoms with van der Waals surface area (Å²) in [5.74, 6) is -0.0268. The zero-order valence-electron chi connectivity index (χ0n) is 10.2. The van der Waals surface area contributed by atoms with Gasteiger partial charge in [-0.25, -0.2) is 0 Å². The van der Waals surface area contributed by atoms with Gasteiger partial charge in [-0.05, 0) is 24.3 Å². The highest BCUT2D eigenvalue weighted by Gasteiger charge is 2.29. The average Bonchev–Trinajstić information content (AvgIpc) is 2.44. The number of amides is 1. The maximum absolute atomic E-state index is 11.6. The van der Waals surface area contributed by atoms with E-state index in [9.17, 15) is 4.79 Å². The van der Waals surface area contributed by atoms with Crippen LogP contribution in [0.1, 0.15) is 0 Å². The van der Waals surface area contributed by atoms with Crippen LogP contribution >= 0.6 is 15.9 Å². The van der Waals surface area contributed by atoms with E-state index >= 15 is 0 Å². The Morgan fingerprint density at radius 3 is 2.16 bits per heavy atom. The van der Waals surface area contributed by atoms with Gasteiger partial charge in [0.05, 0.1) is 19.8 Å². The predicted molar refractivity (Wildman–Crippen MR) is 71.8 cm³/mol. The first-order valence-electron chi connectivity index (χ1n) is 5.57. The second-order valence-corrected chi connectivity index (χ2v) is 4.96. The molecule has 0 aromatic heterocycles. The minimum absolute atomic E-state index is 0.274. The third-order valence-electron chi connectivity index (χ3n) is 2.50. The maximum Gasteiger partial charge on any atom is 0.258 e. The molecule has 0 fully saturated rings. The summed E-state index contributed by atoms with van der Waals surface area (Å²) in [7, 11) is 0. The number of aliphatic hydroxyl groups is 3. The lowest BCUT2D eigenvalue weighted by Gasteiger charge is -2.28. The molecule has 0 atom stereocenters. The molecule has 0 aliphatic rings. The number of rotatable bonds is 7. The molecule has 0 saturated carbocycles. The quantitative estimate of drug-likeness (QED) is 0.547. The van der Waals surface area contributed by atoms with Crippen LogP contribution < -0.4 is 10.1 Å². The molecule has 0 bridgehead atoms. The van der Waals surface area contributed by atoms with E-state index in [2.05, 4.69) is 21.2 Å². The number of aliphatic hydroxyl groups excluding tert-OH is 3. The van der Waals surface area contributed by atoms with E-state index in [0.29, 0.717) is 5.75 Å². The number of ether oxygens (including phenoxy) is 1. The van der Waals surface area contributed by atoms with E-state index in [-0.39, 0.29) is 6.61 Å². The largest absolute Gasteiger partial charge is 0.484 e. The normalized spacial score (nSPS) is 11.2. The van der Waals surface area contributed by atoms with Crippen molar-refractivity contribution in [2.75, 3.05) is 26.4 Å². The standard InChI is InChI=1S/C12H16BrNO5/c13-9-1-3-10(4-2-9)19-5-11(18)14-12(6-15,7-16)8-17/h1-4,15-17H,5-8H2,(H,14,18). The number of carbonyl (C=O) groups excluding carboxylic acids is 1. The van der Waals surface area contributed by atoms with Gasteiger partial charge >= 0.3 is 0 Å². The highest BCUT2D eigenvalue weighted by Crippen LogP contribution is 2.15. The van der Waals surface area contributed by atoms with E-state index in [0.717, 1.165) is 4.47 Å². The van der Waals surface area contributed by atoms with Crippen LogP contribution in [0.2, 0.25) is 0 Å². The molecule has 106 valence electrons. The van der Waals surface area contributed by atoms with Crippen LogP contribution in [0.15, 0.2) is 28.7 Å². The first-order chi connectivity index (χ1) is 9.05. The lowest BCUT2D eigenvalue weighted by atomic mass is 10.0. The van der Waals surface area contributed by atoms with Crippen molar-refractivity contribution in [1.29, 1.82) is 0 Å². The second kappa shape index (κ2) is 7.44. The van der Waals surface area contributed by atoms with Crippen molar-refractivity contribution in [3.8, 4) is 5.75 Å². The van der Waals surface area contributed by atoms with E-state index in [1.807, 2.05) is 0 Å². The van der Waals surface area contributed by atoms with E-state index < -0.39 is 31.3 Å². The van der Waals surface area contributed by atoms with Crippen LogP contribution in [0.25, 0.3) is 0 Å². The fourth-order valence-corrected chi connectivity index (χ4v) is 1.54. The Morgan fingerprint density at radius 2 is 1.68 bits per heavy atom. The molecular weight excluding hydrogens is 318 g/mol. The lowest BCUT2D eigenvalue weighted by Crippen LogP contribution is -2.58. The monoisotopic (exact) mass is 333 g/mol. The maximum atomic E-state index is 11.6. The number of nitrogens with one attached hydrogen (secondary N) is 1. The summed E-state index contributed by atoms with van der Waals surface area (Å²) in [6.07, 6.45) is 0. The summed E-state index contributed by atoms with van der Waals surface area (Å²) in [5.41, 5.74) is -1.43. The molecule has 0 spiro atoms. The topological polar surface area (TPSA) is 99.0 Å². The second-order valence-electron chi connectivity index (χ2n) is 4.05. The van der Waals surface area contributed by atoms with Crippen LogP contribution in [0.3, 0.4) is 0 Å². The zero-order valence-corrected chi connectivity index (χ0v) is 11.8. The Morgan fingerprint density at radius 1 is 1.16 bits per heavy atom. The molecule has 0 radical (unpaired) electrons. The van der Waals surface area contributed by atoms with Crippen molar-refractivity contribution in [3.05, 3.63) is 28.7 Å². The smallest absolute Gasteiger partial charge is 0.258 e. The number of hydrogen-bond acceptors (Lipinski definition) is 5. The third-order valence-corrected chi connectivity index (χ3v) is 3.02. The van der Waals surface area contributed by atoms with Crippen LogP contribution in [0.5, 0.6) is 5.75 Å². The van der Waals surface area contributed by atoms with Gasteiger partial charge in [0.1, 0.15) is 11.3 Å². The predicted octanol–water partition coefficient (Wildman–Crippen LogP) is -0.340. The van der Waals surface area contributed by atoms with Crippen LogP contribution in [-0.4, -0.2) is 53.2 Å². The number of carbonyl (C=O) groups is 1. The highest BCUT2D eigenvalue weighted by molar-refractivity contribution is 9.10. The number of hydrogen-bond donors (Lipinski definition) is 4. The van der Waals surface area contributed by atoms with E-state index in [1.165, 1.54) is 0 Å². The molecule has 7 heteroatoms. The van der Waals surface area contributed by atoms with Gasteiger partial charge in [0.15, 0.2) is 6.61 Å². The van der Waals surface area contributed by atoms with Gasteiger partial charge in [0.2, 0.25) is 0 Å². The molecular formula is C12H16BrNO5. The van der Waals surface area contributed by atoms with E-state index in [1.54, 1.807) is 24.3 Å². The molecule has 1 amide bonds. The van der Waals surface area contributed by atoms with Crippen molar-refractivity contribution >= 4 is 21.8 Å². The SMILES string of the molecule is O=C(COc1ccc(Br)cc1)NC(CO)(CO)CO. The molecule has 1 rings (SSSR count). The molecule has 1 aromatic carbocycles. The van der Waals surface area contributed by atoms with Gasteiger partial charge in [0.25, 0.3) is 5.91 Å². The minimum atomic E-state index is -1.43. The van der Waals surface area contributed by atoms with Crippen LogP contribution in [0, 0.1) is 0 Å². The summed E-state index contributed by atoms with van der Waals surface area (Å²) in [5, 5.41) is 29.5. The molecule has 0 heterocycles. The van der Waals surface area contributed by atoms with Gasteiger partial charge < -0.3 is 25.4 Å². The third kappa shape index (κ3) is 4.79. The summed E-state index contributed by atoms with van der Waals surface area (Å²) < 4.78 is 6.12. The molecule has 1 aromatic rings. The summed E-state index contributed by atoms with van der Waals surface area (Å²) in [6, 6.07) is 6.92. The Balaban J connectivity index is 2.49. The van der Waals surface area contributed by atoms with Crippen molar-refractivity contribution in [3.63, 3.8) is 0 Å². The molecule has 0 aliphatic heterocycles. The molecule has 0 saturated heterocycles. The highest BCUT2D eigenvalue weighted by atomic mass is 79.9. The fourth-order valence-electron chi connectivity index (χ4n) is 1.28. The van der Waals surface area contributed by atoms with Crippen molar-refractivity contribution in [1.82, 2.24) is 5.32 Å². The minimum Gasteiger partial charge on any atom is -0.484 e. The van der Waals surface area contributed by atoms with Gasteiger partial charge in [-0.15, -0.1) is 0 Å². The average molecular weight is 334 g/mol. The van der Waals surface area contributed by atoms with Gasteiger partial charge in [0, 0.05) is 4.47 Å². The van der Waals surface area contributed by atoms with Crippen LogP contribution in [0.4, 0.5) is 0 Å². The summed E-state index contributed by atoms with van der Waals surface area (Å²) in [6.45, 7) is -1.97. The fraction of sp³-hybridized carbons (Fsp3) is 0.417. The first-order valence-corrected chi connectivity index (χ1v) is 6.36. The Labute approximate surface area is 119 Å². The molecule has 19 heavy (non-hydrogen) atoms.